The van der Waals surface area contributed by atoms with Gasteiger partial charge in [-0.3, -0.25) is 14.3 Å². The molecule has 0 saturated heterocycles. The molecule has 2 atom stereocenters. The van der Waals surface area contributed by atoms with Crippen molar-refractivity contribution in [2.45, 2.75) is 25.3 Å². The molecule has 1 aliphatic carbocycles. The molecule has 0 spiro atoms. The molecule has 19 heavy (non-hydrogen) atoms. The van der Waals surface area contributed by atoms with Crippen LogP contribution in [0, 0.1) is 5.92 Å². The molecule has 2 rings (SSSR count). The summed E-state index contributed by atoms with van der Waals surface area (Å²) >= 11 is 0. The van der Waals surface area contributed by atoms with Crippen LogP contribution in [0.5, 0.6) is 0 Å². The maximum absolute atomic E-state index is 11.7. The molecule has 1 aromatic rings. The molecule has 1 heterocycles. The summed E-state index contributed by atoms with van der Waals surface area (Å²) in [4.78, 5) is 22.5. The molecule has 1 aromatic heterocycles. The number of aryl methyl sites for hydroxylation is 1. The summed E-state index contributed by atoms with van der Waals surface area (Å²) in [5.74, 6) is -1.30. The van der Waals surface area contributed by atoms with Crippen molar-refractivity contribution < 1.29 is 14.7 Å². The van der Waals surface area contributed by atoms with E-state index in [1.807, 2.05) is 7.05 Å². The first-order valence-corrected chi connectivity index (χ1v) is 6.24. The summed E-state index contributed by atoms with van der Waals surface area (Å²) in [6, 6.07) is -0.0350. The molecule has 2 N–H and O–H groups in total. The number of carbonyl (C=O) groups is 2. The molecule has 0 aliphatic heterocycles. The van der Waals surface area contributed by atoms with E-state index >= 15 is 0 Å². The Labute approximate surface area is 111 Å². The molecule has 1 saturated carbocycles. The van der Waals surface area contributed by atoms with Gasteiger partial charge >= 0.3 is 5.97 Å². The standard InChI is InChI=1S/C13H17N3O3/c1-16-8-9(7-14-16)2-5-12(17)15-11-4-3-10(6-11)13(18)19/h2,5,7-8,10-11H,3-4,6H2,1H3,(H,15,17)(H,18,19)/b5-2+/t10-,11+/m1/s1. The van der Waals surface area contributed by atoms with Gasteiger partial charge in [-0.25, -0.2) is 0 Å². The van der Waals surface area contributed by atoms with Crippen LogP contribution in [0.15, 0.2) is 18.5 Å². The molecular weight excluding hydrogens is 246 g/mol. The minimum atomic E-state index is -0.775. The Morgan fingerprint density at radius 3 is 2.89 bits per heavy atom. The Kier molecular flexibility index (Phi) is 3.99. The summed E-state index contributed by atoms with van der Waals surface area (Å²) in [5.41, 5.74) is 0.854. The van der Waals surface area contributed by atoms with Crippen LogP contribution in [0.4, 0.5) is 0 Å². The molecule has 0 unspecified atom stereocenters. The fraction of sp³-hybridized carbons (Fsp3) is 0.462. The molecule has 0 radical (unpaired) electrons. The number of hydrogen-bond donors (Lipinski definition) is 2. The van der Waals surface area contributed by atoms with E-state index in [1.54, 1.807) is 23.2 Å². The van der Waals surface area contributed by atoms with Gasteiger partial charge in [-0.2, -0.15) is 5.10 Å². The highest BCUT2D eigenvalue weighted by Crippen LogP contribution is 2.25. The van der Waals surface area contributed by atoms with Gasteiger partial charge < -0.3 is 10.4 Å². The van der Waals surface area contributed by atoms with Gasteiger partial charge in [-0.15, -0.1) is 0 Å². The Balaban J connectivity index is 1.82. The molecule has 1 aliphatic rings. The van der Waals surface area contributed by atoms with Crippen LogP contribution in [0.3, 0.4) is 0 Å². The molecule has 1 fully saturated rings. The van der Waals surface area contributed by atoms with E-state index in [9.17, 15) is 9.59 Å². The number of carbonyl (C=O) groups excluding carboxylic acids is 1. The summed E-state index contributed by atoms with van der Waals surface area (Å²) in [6.45, 7) is 0. The SMILES string of the molecule is Cn1cc(/C=C/C(=O)N[C@H]2CC[C@@H](C(=O)O)C2)cn1. The largest absolute Gasteiger partial charge is 0.481 e. The summed E-state index contributed by atoms with van der Waals surface area (Å²) in [5, 5.41) is 15.7. The molecular formula is C13H17N3O3. The number of nitrogens with one attached hydrogen (secondary N) is 1. The molecule has 102 valence electrons. The lowest BCUT2D eigenvalue weighted by Gasteiger charge is -2.10. The zero-order chi connectivity index (χ0) is 13.8. The Bertz CT molecular complexity index is 507. The first kappa shape index (κ1) is 13.3. The van der Waals surface area contributed by atoms with Crippen molar-refractivity contribution in [3.8, 4) is 0 Å². The van der Waals surface area contributed by atoms with Crippen LogP contribution in [-0.2, 0) is 16.6 Å². The van der Waals surface area contributed by atoms with Gasteiger partial charge in [-0.1, -0.05) is 0 Å². The van der Waals surface area contributed by atoms with E-state index in [-0.39, 0.29) is 17.9 Å². The van der Waals surface area contributed by atoms with Gasteiger partial charge in [0.25, 0.3) is 0 Å². The van der Waals surface area contributed by atoms with E-state index in [0.29, 0.717) is 12.8 Å². The van der Waals surface area contributed by atoms with Gasteiger partial charge in [0.05, 0.1) is 12.1 Å². The lowest BCUT2D eigenvalue weighted by Crippen LogP contribution is -2.31. The van der Waals surface area contributed by atoms with Crippen LogP contribution in [-0.4, -0.2) is 32.8 Å². The van der Waals surface area contributed by atoms with Crippen LogP contribution < -0.4 is 5.32 Å². The fourth-order valence-electron chi connectivity index (χ4n) is 2.28. The second-order valence-electron chi connectivity index (χ2n) is 4.83. The summed E-state index contributed by atoms with van der Waals surface area (Å²) in [7, 11) is 1.81. The third-order valence-electron chi connectivity index (χ3n) is 3.28. The first-order chi connectivity index (χ1) is 9.04. The fourth-order valence-corrected chi connectivity index (χ4v) is 2.28. The topological polar surface area (TPSA) is 84.2 Å². The lowest BCUT2D eigenvalue weighted by molar-refractivity contribution is -0.141. The van der Waals surface area contributed by atoms with Crippen LogP contribution in [0.25, 0.3) is 6.08 Å². The molecule has 6 heteroatoms. The van der Waals surface area contributed by atoms with Gasteiger partial charge in [0.2, 0.25) is 5.91 Å². The van der Waals surface area contributed by atoms with E-state index < -0.39 is 5.97 Å². The van der Waals surface area contributed by atoms with Crippen LogP contribution in [0.2, 0.25) is 0 Å². The second-order valence-corrected chi connectivity index (χ2v) is 4.83. The summed E-state index contributed by atoms with van der Waals surface area (Å²) in [6.07, 6.45) is 8.48. The average molecular weight is 263 g/mol. The highest BCUT2D eigenvalue weighted by Gasteiger charge is 2.30. The van der Waals surface area contributed by atoms with Gasteiger partial charge in [0.15, 0.2) is 0 Å². The van der Waals surface area contributed by atoms with Crippen molar-refractivity contribution in [1.82, 2.24) is 15.1 Å². The van der Waals surface area contributed by atoms with E-state index in [4.69, 9.17) is 5.11 Å². The van der Waals surface area contributed by atoms with Crippen molar-refractivity contribution in [1.29, 1.82) is 0 Å². The molecule has 6 nitrogen and oxygen atoms in total. The van der Waals surface area contributed by atoms with Crippen molar-refractivity contribution in [2.24, 2.45) is 13.0 Å². The average Bonchev–Trinajstić information content (AvgIpc) is 2.96. The number of aromatic nitrogens is 2. The van der Waals surface area contributed by atoms with E-state index in [0.717, 1.165) is 12.0 Å². The second kappa shape index (κ2) is 5.69. The Hall–Kier alpha value is -2.11. The number of carboxylic acid groups (broad SMARTS) is 1. The Morgan fingerprint density at radius 1 is 1.53 bits per heavy atom. The first-order valence-electron chi connectivity index (χ1n) is 6.24. The summed E-state index contributed by atoms with van der Waals surface area (Å²) < 4.78 is 1.66. The number of carboxylic acids is 1. The quantitative estimate of drug-likeness (QED) is 0.787. The predicted octanol–water partition coefficient (Wildman–Crippen LogP) is 0.803. The number of nitrogens with zero attached hydrogens (tertiary/aromatic N) is 2. The van der Waals surface area contributed by atoms with Gasteiger partial charge in [-0.05, 0) is 25.3 Å². The molecule has 0 aromatic carbocycles. The normalized spacial score (nSPS) is 22.8. The Morgan fingerprint density at radius 2 is 2.32 bits per heavy atom. The van der Waals surface area contributed by atoms with Crippen molar-refractivity contribution in [2.75, 3.05) is 0 Å². The number of aliphatic carboxylic acids is 1. The van der Waals surface area contributed by atoms with Gasteiger partial charge in [0, 0.05) is 30.9 Å². The van der Waals surface area contributed by atoms with Crippen LogP contribution in [0.1, 0.15) is 24.8 Å². The molecule has 1 amide bonds. The van der Waals surface area contributed by atoms with E-state index in [2.05, 4.69) is 10.4 Å². The maximum atomic E-state index is 11.7. The van der Waals surface area contributed by atoms with Crippen molar-refractivity contribution in [3.05, 3.63) is 24.0 Å². The molecule has 0 bridgehead atoms. The number of hydrogen-bond acceptors (Lipinski definition) is 3. The highest BCUT2D eigenvalue weighted by molar-refractivity contribution is 5.91. The van der Waals surface area contributed by atoms with E-state index in [1.165, 1.54) is 6.08 Å². The third kappa shape index (κ3) is 3.67. The zero-order valence-electron chi connectivity index (χ0n) is 10.7. The minimum Gasteiger partial charge on any atom is -0.481 e. The monoisotopic (exact) mass is 263 g/mol. The number of amides is 1. The highest BCUT2D eigenvalue weighted by atomic mass is 16.4. The minimum absolute atomic E-state index is 0.0350. The van der Waals surface area contributed by atoms with Gasteiger partial charge in [0.1, 0.15) is 0 Å². The smallest absolute Gasteiger partial charge is 0.306 e. The lowest BCUT2D eigenvalue weighted by atomic mass is 10.1. The number of rotatable bonds is 4. The maximum Gasteiger partial charge on any atom is 0.306 e. The van der Waals surface area contributed by atoms with Crippen molar-refractivity contribution in [3.63, 3.8) is 0 Å². The van der Waals surface area contributed by atoms with Crippen LogP contribution >= 0.6 is 0 Å². The predicted molar refractivity (Wildman–Crippen MR) is 69.1 cm³/mol. The zero-order valence-corrected chi connectivity index (χ0v) is 10.7. The van der Waals surface area contributed by atoms with Crippen molar-refractivity contribution >= 4 is 18.0 Å². The third-order valence-corrected chi connectivity index (χ3v) is 3.28.